The first-order valence-electron chi connectivity index (χ1n) is 8.94. The maximum absolute atomic E-state index is 11.7. The van der Waals surface area contributed by atoms with Gasteiger partial charge in [0.15, 0.2) is 0 Å². The Morgan fingerprint density at radius 3 is 2.58 bits per heavy atom. The third-order valence-electron chi connectivity index (χ3n) is 4.65. The molecule has 2 heterocycles. The fourth-order valence-electron chi connectivity index (χ4n) is 3.31. The monoisotopic (exact) mass is 354 g/mol. The number of para-hydroxylation sites is 1. The number of amides is 1. The summed E-state index contributed by atoms with van der Waals surface area (Å²) in [6, 6.07) is 12.4. The molecule has 1 aliphatic heterocycles. The Kier molecular flexibility index (Phi) is 6.07. The summed E-state index contributed by atoms with van der Waals surface area (Å²) < 4.78 is 4.86. The van der Waals surface area contributed by atoms with Crippen LogP contribution in [0.25, 0.3) is 0 Å². The topological polar surface area (TPSA) is 57.7 Å². The SMILES string of the molecule is COCC(=O)NCc1cccnc1N1CCN(c2ccccc2C)CC1. The molecule has 0 spiro atoms. The van der Waals surface area contributed by atoms with Crippen LogP contribution in [0, 0.1) is 6.92 Å². The van der Waals surface area contributed by atoms with Crippen LogP contribution in [0.15, 0.2) is 42.6 Å². The summed E-state index contributed by atoms with van der Waals surface area (Å²) in [4.78, 5) is 20.9. The second kappa shape index (κ2) is 8.67. The van der Waals surface area contributed by atoms with Crippen molar-refractivity contribution in [3.8, 4) is 0 Å². The number of anilines is 2. The molecule has 1 aliphatic rings. The third-order valence-corrected chi connectivity index (χ3v) is 4.65. The first-order chi connectivity index (χ1) is 12.7. The largest absolute Gasteiger partial charge is 0.375 e. The molecule has 1 amide bonds. The van der Waals surface area contributed by atoms with Crippen molar-refractivity contribution in [2.45, 2.75) is 13.5 Å². The van der Waals surface area contributed by atoms with Crippen LogP contribution in [0.2, 0.25) is 0 Å². The molecule has 1 aromatic heterocycles. The number of carbonyl (C=O) groups is 1. The van der Waals surface area contributed by atoms with E-state index in [9.17, 15) is 4.79 Å². The van der Waals surface area contributed by atoms with Gasteiger partial charge in [-0.05, 0) is 24.6 Å². The number of methoxy groups -OCH3 is 1. The summed E-state index contributed by atoms with van der Waals surface area (Å²) in [5.41, 5.74) is 3.64. The van der Waals surface area contributed by atoms with Crippen LogP contribution in [0.3, 0.4) is 0 Å². The molecule has 0 unspecified atom stereocenters. The molecule has 0 atom stereocenters. The van der Waals surface area contributed by atoms with Crippen LogP contribution in [-0.4, -0.2) is 50.8 Å². The van der Waals surface area contributed by atoms with Gasteiger partial charge in [0.05, 0.1) is 0 Å². The fourth-order valence-corrected chi connectivity index (χ4v) is 3.31. The van der Waals surface area contributed by atoms with E-state index in [0.717, 1.165) is 37.6 Å². The Bertz CT molecular complexity index is 742. The molecule has 138 valence electrons. The average Bonchev–Trinajstić information content (AvgIpc) is 2.67. The van der Waals surface area contributed by atoms with Crippen LogP contribution in [0.4, 0.5) is 11.5 Å². The molecule has 6 heteroatoms. The van der Waals surface area contributed by atoms with Gasteiger partial charge in [-0.15, -0.1) is 0 Å². The number of ether oxygens (including phenoxy) is 1. The van der Waals surface area contributed by atoms with E-state index in [0.29, 0.717) is 6.54 Å². The molecule has 2 aromatic rings. The van der Waals surface area contributed by atoms with E-state index in [2.05, 4.69) is 51.3 Å². The highest BCUT2D eigenvalue weighted by molar-refractivity contribution is 5.77. The number of hydrogen-bond donors (Lipinski definition) is 1. The number of aromatic nitrogens is 1. The molecule has 0 aliphatic carbocycles. The number of benzene rings is 1. The normalized spacial score (nSPS) is 14.4. The molecule has 1 N–H and O–H groups in total. The molecule has 0 bridgehead atoms. The zero-order chi connectivity index (χ0) is 18.4. The predicted molar refractivity (Wildman–Crippen MR) is 104 cm³/mol. The molecule has 6 nitrogen and oxygen atoms in total. The number of carbonyl (C=O) groups excluding carboxylic acids is 1. The lowest BCUT2D eigenvalue weighted by Gasteiger charge is -2.38. The minimum atomic E-state index is -0.119. The van der Waals surface area contributed by atoms with Gasteiger partial charge >= 0.3 is 0 Å². The van der Waals surface area contributed by atoms with E-state index in [-0.39, 0.29) is 12.5 Å². The van der Waals surface area contributed by atoms with E-state index >= 15 is 0 Å². The van der Waals surface area contributed by atoms with Crippen molar-refractivity contribution in [3.63, 3.8) is 0 Å². The number of rotatable bonds is 6. The molecular formula is C20H26N4O2. The highest BCUT2D eigenvalue weighted by Gasteiger charge is 2.21. The maximum Gasteiger partial charge on any atom is 0.246 e. The van der Waals surface area contributed by atoms with Crippen molar-refractivity contribution >= 4 is 17.4 Å². The number of aryl methyl sites for hydroxylation is 1. The molecule has 1 aromatic carbocycles. The molecule has 1 fully saturated rings. The van der Waals surface area contributed by atoms with Crippen LogP contribution < -0.4 is 15.1 Å². The van der Waals surface area contributed by atoms with Crippen molar-refractivity contribution in [3.05, 3.63) is 53.7 Å². The van der Waals surface area contributed by atoms with Crippen molar-refractivity contribution in [2.75, 3.05) is 49.7 Å². The maximum atomic E-state index is 11.7. The smallest absolute Gasteiger partial charge is 0.246 e. The summed E-state index contributed by atoms with van der Waals surface area (Å²) in [5, 5.41) is 2.88. The van der Waals surface area contributed by atoms with Gasteiger partial charge in [0.2, 0.25) is 5.91 Å². The van der Waals surface area contributed by atoms with Gasteiger partial charge in [-0.3, -0.25) is 4.79 Å². The minimum absolute atomic E-state index is 0.0741. The Hall–Kier alpha value is -2.60. The van der Waals surface area contributed by atoms with E-state index in [4.69, 9.17) is 4.74 Å². The van der Waals surface area contributed by atoms with Gasteiger partial charge in [-0.2, -0.15) is 0 Å². The summed E-state index contributed by atoms with van der Waals surface area (Å²) in [7, 11) is 1.52. The van der Waals surface area contributed by atoms with Gasteiger partial charge < -0.3 is 19.9 Å². The summed E-state index contributed by atoms with van der Waals surface area (Å²) >= 11 is 0. The zero-order valence-corrected chi connectivity index (χ0v) is 15.4. The van der Waals surface area contributed by atoms with Gasteiger partial charge in [0, 0.05) is 57.3 Å². The Balaban J connectivity index is 1.64. The first kappa shape index (κ1) is 18.2. The second-order valence-corrected chi connectivity index (χ2v) is 6.46. The molecule has 3 rings (SSSR count). The lowest BCUT2D eigenvalue weighted by Crippen LogP contribution is -2.47. The van der Waals surface area contributed by atoms with Crippen LogP contribution in [0.5, 0.6) is 0 Å². The van der Waals surface area contributed by atoms with Gasteiger partial charge in [-0.25, -0.2) is 4.98 Å². The van der Waals surface area contributed by atoms with Crippen molar-refractivity contribution < 1.29 is 9.53 Å². The highest BCUT2D eigenvalue weighted by Crippen LogP contribution is 2.24. The van der Waals surface area contributed by atoms with Gasteiger partial charge in [0.25, 0.3) is 0 Å². The predicted octanol–water partition coefficient (Wildman–Crippen LogP) is 1.98. The number of piperazine rings is 1. The number of nitrogens with one attached hydrogen (secondary N) is 1. The summed E-state index contributed by atoms with van der Waals surface area (Å²) in [5.74, 6) is 0.835. The van der Waals surface area contributed by atoms with Crippen molar-refractivity contribution in [2.24, 2.45) is 0 Å². The first-order valence-corrected chi connectivity index (χ1v) is 8.94. The molecule has 0 radical (unpaired) electrons. The van der Waals surface area contributed by atoms with Crippen LogP contribution >= 0.6 is 0 Å². The van der Waals surface area contributed by atoms with E-state index in [1.165, 1.54) is 18.4 Å². The number of nitrogens with zero attached hydrogens (tertiary/aromatic N) is 3. The van der Waals surface area contributed by atoms with E-state index < -0.39 is 0 Å². The Morgan fingerprint density at radius 2 is 1.85 bits per heavy atom. The highest BCUT2D eigenvalue weighted by atomic mass is 16.5. The quantitative estimate of drug-likeness (QED) is 0.860. The third kappa shape index (κ3) is 4.32. The Labute approximate surface area is 154 Å². The second-order valence-electron chi connectivity index (χ2n) is 6.46. The molecular weight excluding hydrogens is 328 g/mol. The Morgan fingerprint density at radius 1 is 1.12 bits per heavy atom. The molecule has 0 saturated carbocycles. The van der Waals surface area contributed by atoms with Crippen molar-refractivity contribution in [1.29, 1.82) is 0 Å². The lowest BCUT2D eigenvalue weighted by atomic mass is 10.1. The standard InChI is InChI=1S/C20H26N4O2/c1-16-6-3-4-8-18(16)23-10-12-24(13-11-23)20-17(7-5-9-21-20)14-22-19(25)15-26-2/h3-9H,10-15H2,1-2H3,(H,22,25). The zero-order valence-electron chi connectivity index (χ0n) is 15.4. The summed E-state index contributed by atoms with van der Waals surface area (Å²) in [6.45, 7) is 6.41. The van der Waals surface area contributed by atoms with Crippen LogP contribution in [-0.2, 0) is 16.1 Å². The van der Waals surface area contributed by atoms with E-state index in [1.54, 1.807) is 0 Å². The van der Waals surface area contributed by atoms with Crippen molar-refractivity contribution in [1.82, 2.24) is 10.3 Å². The van der Waals surface area contributed by atoms with Gasteiger partial charge in [-0.1, -0.05) is 24.3 Å². The minimum Gasteiger partial charge on any atom is -0.375 e. The molecule has 26 heavy (non-hydrogen) atoms. The lowest BCUT2D eigenvalue weighted by molar-refractivity contribution is -0.124. The van der Waals surface area contributed by atoms with E-state index in [1.807, 2.05) is 18.3 Å². The fraction of sp³-hybridized carbons (Fsp3) is 0.400. The molecule has 1 saturated heterocycles. The number of hydrogen-bond acceptors (Lipinski definition) is 5. The number of pyridine rings is 1. The average molecular weight is 354 g/mol. The van der Waals surface area contributed by atoms with Gasteiger partial charge in [0.1, 0.15) is 12.4 Å². The van der Waals surface area contributed by atoms with Crippen LogP contribution in [0.1, 0.15) is 11.1 Å². The summed E-state index contributed by atoms with van der Waals surface area (Å²) in [6.07, 6.45) is 1.81.